The van der Waals surface area contributed by atoms with E-state index in [9.17, 15) is 4.79 Å². The van der Waals surface area contributed by atoms with Gasteiger partial charge in [0, 0.05) is 39.9 Å². The first-order valence-electron chi connectivity index (χ1n) is 6.11. The Balaban J connectivity index is 2.12. The maximum atomic E-state index is 11.4. The van der Waals surface area contributed by atoms with E-state index in [1.54, 1.807) is 14.2 Å². The largest absolute Gasteiger partial charge is 0.378 e. The molecule has 2 heterocycles. The number of fused-ring (bicyclic) bond motifs is 1. The lowest BCUT2D eigenvalue weighted by Gasteiger charge is -2.26. The van der Waals surface area contributed by atoms with Crippen molar-refractivity contribution in [1.29, 1.82) is 0 Å². The minimum atomic E-state index is 0.0535. The van der Waals surface area contributed by atoms with Crippen LogP contribution in [0.1, 0.15) is 17.0 Å². The highest BCUT2D eigenvalue weighted by atomic mass is 16.5. The van der Waals surface area contributed by atoms with Crippen LogP contribution in [0.5, 0.6) is 0 Å². The van der Waals surface area contributed by atoms with Crippen LogP contribution in [-0.4, -0.2) is 47.8 Å². The molecule has 1 aliphatic rings. The molecule has 0 aliphatic carbocycles. The monoisotopic (exact) mass is 252 g/mol. The highest BCUT2D eigenvalue weighted by molar-refractivity contribution is 5.77. The summed E-state index contributed by atoms with van der Waals surface area (Å²) in [6.45, 7) is 2.66. The van der Waals surface area contributed by atoms with Crippen LogP contribution >= 0.6 is 0 Å². The van der Waals surface area contributed by atoms with Crippen molar-refractivity contribution < 1.29 is 9.53 Å². The van der Waals surface area contributed by atoms with E-state index in [0.717, 1.165) is 25.2 Å². The molecule has 1 amide bonds. The molecule has 0 unspecified atom stereocenters. The average molecular weight is 252 g/mol. The Bertz CT molecular complexity index is 442. The molecular formula is C12H20N4O2. The summed E-state index contributed by atoms with van der Waals surface area (Å²) in [5.74, 6) is 0.0535. The molecule has 0 bridgehead atoms. The minimum absolute atomic E-state index is 0.0535. The first-order chi connectivity index (χ1) is 8.65. The zero-order valence-electron chi connectivity index (χ0n) is 11.2. The molecule has 6 heteroatoms. The van der Waals surface area contributed by atoms with Gasteiger partial charge in [0.1, 0.15) is 0 Å². The van der Waals surface area contributed by atoms with Gasteiger partial charge in [-0.05, 0) is 6.42 Å². The number of likely N-dealkylation sites (N-methyl/N-ethyl adjacent to an activating group) is 1. The summed E-state index contributed by atoms with van der Waals surface area (Å²) in [7, 11) is 5.29. The number of hydrogen-bond donors (Lipinski definition) is 1. The summed E-state index contributed by atoms with van der Waals surface area (Å²) in [6.07, 6.45) is 0.929. The van der Waals surface area contributed by atoms with Gasteiger partial charge in [0.25, 0.3) is 0 Å². The lowest BCUT2D eigenvalue weighted by Crippen LogP contribution is -2.39. The van der Waals surface area contributed by atoms with Crippen LogP contribution < -0.4 is 5.32 Å². The predicted molar refractivity (Wildman–Crippen MR) is 67.0 cm³/mol. The number of nitrogens with one attached hydrogen (secondary N) is 1. The van der Waals surface area contributed by atoms with Gasteiger partial charge in [-0.2, -0.15) is 5.10 Å². The van der Waals surface area contributed by atoms with Crippen molar-refractivity contribution in [3.8, 4) is 0 Å². The molecule has 1 N–H and O–H groups in total. The molecular weight excluding hydrogens is 232 g/mol. The van der Waals surface area contributed by atoms with Crippen molar-refractivity contribution in [1.82, 2.24) is 20.0 Å². The smallest absolute Gasteiger partial charge is 0.233 e. The Hall–Kier alpha value is -1.40. The number of methoxy groups -OCH3 is 1. The number of carbonyl (C=O) groups is 1. The number of rotatable bonds is 4. The lowest BCUT2D eigenvalue weighted by molar-refractivity contribution is -0.122. The van der Waals surface area contributed by atoms with E-state index in [-0.39, 0.29) is 5.91 Å². The third-order valence-corrected chi connectivity index (χ3v) is 3.34. The summed E-state index contributed by atoms with van der Waals surface area (Å²) in [4.78, 5) is 13.5. The summed E-state index contributed by atoms with van der Waals surface area (Å²) >= 11 is 0. The normalized spacial score (nSPS) is 15.5. The van der Waals surface area contributed by atoms with Crippen molar-refractivity contribution in [2.45, 2.75) is 19.6 Å². The molecule has 1 aromatic heterocycles. The van der Waals surface area contributed by atoms with Crippen LogP contribution in [0.2, 0.25) is 0 Å². The van der Waals surface area contributed by atoms with Crippen molar-refractivity contribution in [3.63, 3.8) is 0 Å². The molecule has 0 radical (unpaired) electrons. The molecule has 0 atom stereocenters. The minimum Gasteiger partial charge on any atom is -0.378 e. The first-order valence-corrected chi connectivity index (χ1v) is 6.11. The Morgan fingerprint density at radius 2 is 2.33 bits per heavy atom. The number of amides is 1. The quantitative estimate of drug-likeness (QED) is 0.797. The Morgan fingerprint density at radius 3 is 3.00 bits per heavy atom. The molecule has 18 heavy (non-hydrogen) atoms. The summed E-state index contributed by atoms with van der Waals surface area (Å²) in [5.41, 5.74) is 3.50. The van der Waals surface area contributed by atoms with Gasteiger partial charge in [0.2, 0.25) is 5.91 Å². The highest BCUT2D eigenvalue weighted by Crippen LogP contribution is 2.22. The average Bonchev–Trinajstić information content (AvgIpc) is 2.67. The third-order valence-electron chi connectivity index (χ3n) is 3.34. The van der Waals surface area contributed by atoms with Crippen molar-refractivity contribution >= 4 is 5.91 Å². The lowest BCUT2D eigenvalue weighted by atomic mass is 10.0. The second kappa shape index (κ2) is 5.49. The fourth-order valence-electron chi connectivity index (χ4n) is 2.38. The molecule has 6 nitrogen and oxygen atoms in total. The van der Waals surface area contributed by atoms with Gasteiger partial charge < -0.3 is 10.1 Å². The molecule has 2 rings (SSSR count). The fraction of sp³-hybridized carbons (Fsp3) is 0.667. The van der Waals surface area contributed by atoms with Crippen LogP contribution in [0.4, 0.5) is 0 Å². The number of hydrogen-bond acceptors (Lipinski definition) is 4. The van der Waals surface area contributed by atoms with Gasteiger partial charge in [0.05, 0.1) is 24.5 Å². The number of ether oxygens (including phenoxy) is 1. The highest BCUT2D eigenvalue weighted by Gasteiger charge is 2.24. The van der Waals surface area contributed by atoms with Crippen LogP contribution in [0.25, 0.3) is 0 Å². The second-order valence-electron chi connectivity index (χ2n) is 4.56. The number of aryl methyl sites for hydroxylation is 1. The van der Waals surface area contributed by atoms with E-state index in [4.69, 9.17) is 4.74 Å². The Kier molecular flexibility index (Phi) is 3.98. The molecule has 100 valence electrons. The first kappa shape index (κ1) is 13.0. The molecule has 0 aromatic carbocycles. The molecule has 0 saturated carbocycles. The Labute approximate surface area is 107 Å². The second-order valence-corrected chi connectivity index (χ2v) is 4.56. The van der Waals surface area contributed by atoms with E-state index in [1.807, 2.05) is 11.7 Å². The predicted octanol–water partition coefficient (Wildman–Crippen LogP) is -0.329. The van der Waals surface area contributed by atoms with Crippen molar-refractivity contribution in [2.24, 2.45) is 7.05 Å². The number of nitrogens with zero attached hydrogens (tertiary/aromatic N) is 3. The molecule has 1 aromatic rings. The van der Waals surface area contributed by atoms with Crippen LogP contribution in [0.3, 0.4) is 0 Å². The molecule has 0 fully saturated rings. The summed E-state index contributed by atoms with van der Waals surface area (Å²) < 4.78 is 7.07. The van der Waals surface area contributed by atoms with E-state index >= 15 is 0 Å². The standard InChI is InChI=1S/C12H20N4O2/c1-13-12(17)7-16-5-4-9-10(8-18-3)14-15(2)11(9)6-16/h4-8H2,1-3H3,(H,13,17). The van der Waals surface area contributed by atoms with Gasteiger partial charge in [-0.3, -0.25) is 14.4 Å². The van der Waals surface area contributed by atoms with Gasteiger partial charge in [0.15, 0.2) is 0 Å². The van der Waals surface area contributed by atoms with Gasteiger partial charge >= 0.3 is 0 Å². The van der Waals surface area contributed by atoms with Crippen LogP contribution in [0, 0.1) is 0 Å². The number of aromatic nitrogens is 2. The summed E-state index contributed by atoms with van der Waals surface area (Å²) in [6, 6.07) is 0. The maximum Gasteiger partial charge on any atom is 0.233 e. The summed E-state index contributed by atoms with van der Waals surface area (Å²) in [5, 5.41) is 7.13. The van der Waals surface area contributed by atoms with Crippen molar-refractivity contribution in [2.75, 3.05) is 27.2 Å². The fourth-order valence-corrected chi connectivity index (χ4v) is 2.38. The van der Waals surface area contributed by atoms with Crippen LogP contribution in [-0.2, 0) is 36.2 Å². The maximum absolute atomic E-state index is 11.4. The van der Waals surface area contributed by atoms with Crippen LogP contribution in [0.15, 0.2) is 0 Å². The topological polar surface area (TPSA) is 59.4 Å². The van der Waals surface area contributed by atoms with Gasteiger partial charge in [-0.25, -0.2) is 0 Å². The number of carbonyl (C=O) groups excluding carboxylic acids is 1. The van der Waals surface area contributed by atoms with E-state index in [1.165, 1.54) is 11.3 Å². The van der Waals surface area contributed by atoms with E-state index in [0.29, 0.717) is 13.2 Å². The molecule has 0 spiro atoms. The SMILES string of the molecule is CNC(=O)CN1CCc2c(COC)nn(C)c2C1. The zero-order chi connectivity index (χ0) is 13.1. The zero-order valence-corrected chi connectivity index (χ0v) is 11.2. The van der Waals surface area contributed by atoms with Gasteiger partial charge in [-0.1, -0.05) is 0 Å². The van der Waals surface area contributed by atoms with E-state index < -0.39 is 0 Å². The Morgan fingerprint density at radius 1 is 1.56 bits per heavy atom. The van der Waals surface area contributed by atoms with E-state index in [2.05, 4.69) is 15.3 Å². The third kappa shape index (κ3) is 2.54. The molecule has 0 saturated heterocycles. The van der Waals surface area contributed by atoms with Crippen molar-refractivity contribution in [3.05, 3.63) is 17.0 Å². The van der Waals surface area contributed by atoms with Gasteiger partial charge in [-0.15, -0.1) is 0 Å². The molecule has 1 aliphatic heterocycles.